The van der Waals surface area contributed by atoms with Crippen LogP contribution in [0.4, 0.5) is 10.1 Å². The number of carbonyl (C=O) groups is 2. The van der Waals surface area contributed by atoms with Crippen LogP contribution in [0.2, 0.25) is 0 Å². The van der Waals surface area contributed by atoms with Crippen LogP contribution < -0.4 is 10.9 Å². The number of halogens is 1. The van der Waals surface area contributed by atoms with Crippen molar-refractivity contribution >= 4 is 39.1 Å². The van der Waals surface area contributed by atoms with Crippen LogP contribution in [0.15, 0.2) is 35.4 Å². The third-order valence-electron chi connectivity index (χ3n) is 5.56. The average Bonchev–Trinajstić information content (AvgIpc) is 3.09. The molecule has 7 nitrogen and oxygen atoms in total. The maximum atomic E-state index is 13.9. The van der Waals surface area contributed by atoms with Crippen molar-refractivity contribution < 1.29 is 14.0 Å². The molecule has 0 aliphatic carbocycles. The van der Waals surface area contributed by atoms with E-state index < -0.39 is 11.7 Å². The number of likely N-dealkylation sites (tertiary alicyclic amines) is 1. The molecule has 162 valence electrons. The van der Waals surface area contributed by atoms with Gasteiger partial charge in [0.2, 0.25) is 5.91 Å². The fourth-order valence-electron chi connectivity index (χ4n) is 3.89. The van der Waals surface area contributed by atoms with Crippen molar-refractivity contribution in [3.8, 4) is 0 Å². The lowest BCUT2D eigenvalue weighted by molar-refractivity contribution is -0.133. The van der Waals surface area contributed by atoms with Gasteiger partial charge in [0.05, 0.1) is 22.3 Å². The normalized spacial score (nSPS) is 16.5. The molecule has 2 amide bonds. The van der Waals surface area contributed by atoms with E-state index in [1.165, 1.54) is 29.1 Å². The molecule has 1 fully saturated rings. The van der Waals surface area contributed by atoms with Crippen LogP contribution in [0.1, 0.15) is 35.0 Å². The number of aryl methyl sites for hydroxylation is 1. The molecule has 1 saturated heterocycles. The van der Waals surface area contributed by atoms with Crippen LogP contribution in [0, 0.1) is 18.7 Å². The Balaban J connectivity index is 1.60. The van der Waals surface area contributed by atoms with E-state index in [1.54, 1.807) is 17.9 Å². The Morgan fingerprint density at radius 3 is 2.84 bits per heavy atom. The van der Waals surface area contributed by atoms with Gasteiger partial charge in [-0.2, -0.15) is 0 Å². The number of nitrogens with zero attached hydrogens (tertiary/aromatic N) is 3. The summed E-state index contributed by atoms with van der Waals surface area (Å²) in [4.78, 5) is 45.2. The number of hydrogen-bond acceptors (Lipinski definition) is 5. The van der Waals surface area contributed by atoms with Crippen molar-refractivity contribution in [1.29, 1.82) is 0 Å². The van der Waals surface area contributed by atoms with Gasteiger partial charge in [0.25, 0.3) is 11.5 Å². The maximum absolute atomic E-state index is 13.9. The largest absolute Gasteiger partial charge is 0.341 e. The molecule has 1 aliphatic heterocycles. The van der Waals surface area contributed by atoms with Gasteiger partial charge in [0.1, 0.15) is 17.2 Å². The zero-order valence-corrected chi connectivity index (χ0v) is 18.2. The summed E-state index contributed by atoms with van der Waals surface area (Å²) in [7, 11) is 0. The number of anilines is 1. The third kappa shape index (κ3) is 4.23. The summed E-state index contributed by atoms with van der Waals surface area (Å²) in [6.45, 7) is 5.09. The van der Waals surface area contributed by atoms with Crippen molar-refractivity contribution in [3.05, 3.63) is 57.2 Å². The quantitative estimate of drug-likeness (QED) is 0.671. The molecule has 0 spiro atoms. The molecule has 0 radical (unpaired) electrons. The Hall–Kier alpha value is -3.07. The Morgan fingerprint density at radius 2 is 2.10 bits per heavy atom. The number of para-hydroxylation sites is 1. The zero-order chi connectivity index (χ0) is 22.1. The van der Waals surface area contributed by atoms with Crippen LogP contribution in [0.3, 0.4) is 0 Å². The standard InChI is InChI=1S/C22H23FN4O3S/c1-13-6-5-9-26(10-13)17(28)11-27-12-24-21-18(22(27)30)14(2)19(31-21)20(29)25-16-8-4-3-7-15(16)23/h3-4,7-8,12-13H,5-6,9-11H2,1-2H3,(H,25,29)/t13-/m1/s1. The van der Waals surface area contributed by atoms with Crippen LogP contribution in [-0.4, -0.2) is 39.4 Å². The number of fused-ring (bicyclic) bond motifs is 1. The summed E-state index contributed by atoms with van der Waals surface area (Å²) in [5.41, 5.74) is 0.179. The monoisotopic (exact) mass is 442 g/mol. The van der Waals surface area contributed by atoms with Gasteiger partial charge in [-0.25, -0.2) is 9.37 Å². The number of aromatic nitrogens is 2. The number of hydrogen-bond donors (Lipinski definition) is 1. The van der Waals surface area contributed by atoms with E-state index in [0.717, 1.165) is 24.2 Å². The number of piperidine rings is 1. The number of amides is 2. The van der Waals surface area contributed by atoms with E-state index in [0.29, 0.717) is 34.8 Å². The molecule has 1 N–H and O–H groups in total. The number of carbonyl (C=O) groups excluding carboxylic acids is 2. The summed E-state index contributed by atoms with van der Waals surface area (Å²) >= 11 is 1.07. The average molecular weight is 443 g/mol. The van der Waals surface area contributed by atoms with Crippen molar-refractivity contribution in [3.63, 3.8) is 0 Å². The molecular formula is C22H23FN4O3S. The van der Waals surface area contributed by atoms with E-state index in [-0.39, 0.29) is 28.6 Å². The lowest BCUT2D eigenvalue weighted by Gasteiger charge is -2.31. The highest BCUT2D eigenvalue weighted by molar-refractivity contribution is 7.20. The summed E-state index contributed by atoms with van der Waals surface area (Å²) in [6.07, 6.45) is 3.41. The minimum atomic E-state index is -0.541. The summed E-state index contributed by atoms with van der Waals surface area (Å²) in [5.74, 6) is -0.708. The van der Waals surface area contributed by atoms with Crippen LogP contribution >= 0.6 is 11.3 Å². The Kier molecular flexibility index (Phi) is 5.86. The molecule has 9 heteroatoms. The fraction of sp³-hybridized carbons (Fsp3) is 0.364. The molecule has 0 saturated carbocycles. The Bertz CT molecular complexity index is 1220. The Morgan fingerprint density at radius 1 is 1.32 bits per heavy atom. The third-order valence-corrected chi connectivity index (χ3v) is 6.76. The minimum Gasteiger partial charge on any atom is -0.341 e. The first-order valence-electron chi connectivity index (χ1n) is 10.2. The van der Waals surface area contributed by atoms with Crippen LogP contribution in [0.25, 0.3) is 10.2 Å². The summed E-state index contributed by atoms with van der Waals surface area (Å²) in [6, 6.07) is 5.88. The molecule has 3 aromatic rings. The van der Waals surface area contributed by atoms with Gasteiger partial charge < -0.3 is 10.2 Å². The van der Waals surface area contributed by atoms with E-state index in [2.05, 4.69) is 17.2 Å². The highest BCUT2D eigenvalue weighted by Crippen LogP contribution is 2.28. The summed E-state index contributed by atoms with van der Waals surface area (Å²) in [5, 5.41) is 2.85. The number of benzene rings is 1. The van der Waals surface area contributed by atoms with Crippen LogP contribution in [-0.2, 0) is 11.3 Å². The van der Waals surface area contributed by atoms with Gasteiger partial charge in [0.15, 0.2) is 0 Å². The summed E-state index contributed by atoms with van der Waals surface area (Å²) < 4.78 is 15.2. The minimum absolute atomic E-state index is 0.0658. The number of rotatable bonds is 4. The van der Waals surface area contributed by atoms with Gasteiger partial charge in [0, 0.05) is 13.1 Å². The van der Waals surface area contributed by atoms with E-state index in [4.69, 9.17) is 0 Å². The molecule has 2 aromatic heterocycles. The topological polar surface area (TPSA) is 84.3 Å². The number of thiophene rings is 1. The second-order valence-corrected chi connectivity index (χ2v) is 8.93. The van der Waals surface area contributed by atoms with E-state index in [1.807, 2.05) is 0 Å². The molecule has 0 unspecified atom stereocenters. The van der Waals surface area contributed by atoms with Crippen molar-refractivity contribution in [2.45, 2.75) is 33.2 Å². The smallest absolute Gasteiger partial charge is 0.266 e. The first-order chi connectivity index (χ1) is 14.8. The SMILES string of the molecule is Cc1c(C(=O)Nc2ccccc2F)sc2ncn(CC(=O)N3CCC[C@@H](C)C3)c(=O)c12. The van der Waals surface area contributed by atoms with Gasteiger partial charge in [-0.15, -0.1) is 11.3 Å². The molecule has 3 heterocycles. The van der Waals surface area contributed by atoms with E-state index in [9.17, 15) is 18.8 Å². The molecular weight excluding hydrogens is 419 g/mol. The highest BCUT2D eigenvalue weighted by Gasteiger charge is 2.23. The fourth-order valence-corrected chi connectivity index (χ4v) is 4.93. The first-order valence-corrected chi connectivity index (χ1v) is 11.0. The molecule has 4 rings (SSSR count). The predicted molar refractivity (Wildman–Crippen MR) is 118 cm³/mol. The first kappa shape index (κ1) is 21.2. The lowest BCUT2D eigenvalue weighted by atomic mass is 10.0. The lowest BCUT2D eigenvalue weighted by Crippen LogP contribution is -2.42. The van der Waals surface area contributed by atoms with Crippen LogP contribution in [0.5, 0.6) is 0 Å². The second-order valence-electron chi connectivity index (χ2n) is 7.94. The van der Waals surface area contributed by atoms with Crippen molar-refractivity contribution in [1.82, 2.24) is 14.5 Å². The maximum Gasteiger partial charge on any atom is 0.266 e. The van der Waals surface area contributed by atoms with Crippen molar-refractivity contribution in [2.75, 3.05) is 18.4 Å². The van der Waals surface area contributed by atoms with Gasteiger partial charge in [-0.1, -0.05) is 19.1 Å². The van der Waals surface area contributed by atoms with Crippen molar-refractivity contribution in [2.24, 2.45) is 5.92 Å². The van der Waals surface area contributed by atoms with Gasteiger partial charge in [-0.05, 0) is 43.4 Å². The zero-order valence-electron chi connectivity index (χ0n) is 17.4. The Labute approximate surface area is 182 Å². The highest BCUT2D eigenvalue weighted by atomic mass is 32.1. The molecule has 31 heavy (non-hydrogen) atoms. The van der Waals surface area contributed by atoms with E-state index >= 15 is 0 Å². The van der Waals surface area contributed by atoms with Gasteiger partial charge >= 0.3 is 0 Å². The molecule has 1 aliphatic rings. The molecule has 1 aromatic carbocycles. The predicted octanol–water partition coefficient (Wildman–Crippen LogP) is 3.42. The molecule has 0 bridgehead atoms. The second kappa shape index (κ2) is 8.58. The number of nitrogens with one attached hydrogen (secondary N) is 1. The molecule has 1 atom stereocenters. The van der Waals surface area contributed by atoms with Gasteiger partial charge in [-0.3, -0.25) is 19.0 Å².